The fourth-order valence-electron chi connectivity index (χ4n) is 15.1. The van der Waals surface area contributed by atoms with Gasteiger partial charge in [0, 0.05) is 50.2 Å². The lowest BCUT2D eigenvalue weighted by Crippen LogP contribution is -2.67. The Morgan fingerprint density at radius 1 is 0.696 bits per heavy atom. The maximum atomic E-state index is 12.6. The van der Waals surface area contributed by atoms with Gasteiger partial charge in [0.15, 0.2) is 18.9 Å². The number of aliphatic hydroxyl groups is 8. The molecule has 8 N–H and O–H groups in total. The van der Waals surface area contributed by atoms with E-state index in [9.17, 15) is 50.4 Å². The van der Waals surface area contributed by atoms with Crippen LogP contribution in [0.2, 0.25) is 0 Å². The number of hydrogen-bond donors (Lipinski definition) is 8. The minimum atomic E-state index is -1.55. The third kappa shape index (κ3) is 9.49. The molecule has 8 fully saturated rings. The van der Waals surface area contributed by atoms with Crippen molar-refractivity contribution in [2.24, 2.45) is 40.4 Å². The normalized spacial score (nSPS) is 53.3. The van der Waals surface area contributed by atoms with Crippen LogP contribution in [0, 0.1) is 40.4 Å². The van der Waals surface area contributed by atoms with Crippen molar-refractivity contribution in [3.63, 3.8) is 0 Å². The van der Waals surface area contributed by atoms with Crippen LogP contribution in [-0.4, -0.2) is 182 Å². The molecule has 0 aromatic rings. The van der Waals surface area contributed by atoms with E-state index in [0.717, 1.165) is 44.1 Å². The first-order valence-electron chi connectivity index (χ1n) is 25.7. The summed E-state index contributed by atoms with van der Waals surface area (Å²) in [4.78, 5) is 24.2. The van der Waals surface area contributed by atoms with E-state index in [4.69, 9.17) is 42.6 Å². The van der Waals surface area contributed by atoms with Crippen molar-refractivity contribution in [2.45, 2.75) is 235 Å². The van der Waals surface area contributed by atoms with E-state index in [1.165, 1.54) is 6.92 Å². The zero-order valence-electron chi connectivity index (χ0n) is 40.8. The molecule has 0 unspecified atom stereocenters. The summed E-state index contributed by atoms with van der Waals surface area (Å²) in [6.07, 6.45) is -8.18. The molecule has 69 heavy (non-hydrogen) atoms. The number of cyclic esters (lactones) is 1. The summed E-state index contributed by atoms with van der Waals surface area (Å²) in [5.41, 5.74) is -1.00. The molecule has 19 nitrogen and oxygen atoms in total. The molecule has 19 heteroatoms. The van der Waals surface area contributed by atoms with Gasteiger partial charge in [-0.3, -0.25) is 4.79 Å². The predicted octanol–water partition coefficient (Wildman–Crippen LogP) is 1.28. The molecular weight excluding hydrogens is 905 g/mol. The molecule has 5 aliphatic carbocycles. The molecule has 0 radical (unpaired) electrons. The van der Waals surface area contributed by atoms with E-state index >= 15 is 0 Å². The van der Waals surface area contributed by atoms with Gasteiger partial charge in [-0.2, -0.15) is 0 Å². The number of fused-ring (bicyclic) bond motifs is 5. The fraction of sp³-hybridized carbons (Fsp3) is 0.920. The molecule has 9 rings (SSSR count). The third-order valence-electron chi connectivity index (χ3n) is 18.9. The topological polar surface area (TPSA) is 279 Å². The monoisotopic (exact) mass is 983 g/mol. The van der Waals surface area contributed by atoms with E-state index in [1.807, 2.05) is 13.8 Å². The highest BCUT2D eigenvalue weighted by Crippen LogP contribution is 2.70. The van der Waals surface area contributed by atoms with Crippen LogP contribution in [0.25, 0.3) is 0 Å². The number of esters is 2. The van der Waals surface area contributed by atoms with Crippen molar-refractivity contribution < 1.29 is 93.1 Å². The first-order valence-corrected chi connectivity index (χ1v) is 25.7. The minimum Gasteiger partial charge on any atom is -0.459 e. The van der Waals surface area contributed by atoms with Gasteiger partial charge in [-0.25, -0.2) is 4.79 Å². The van der Waals surface area contributed by atoms with Gasteiger partial charge in [-0.1, -0.05) is 13.8 Å². The number of carbonyl (C=O) groups excluding carboxylic acids is 2. The first-order chi connectivity index (χ1) is 32.6. The van der Waals surface area contributed by atoms with E-state index in [0.29, 0.717) is 18.8 Å². The molecule has 4 heterocycles. The zero-order valence-corrected chi connectivity index (χ0v) is 40.8. The van der Waals surface area contributed by atoms with Crippen molar-refractivity contribution in [1.29, 1.82) is 0 Å². The van der Waals surface area contributed by atoms with E-state index in [2.05, 4.69) is 6.92 Å². The molecule has 5 saturated carbocycles. The van der Waals surface area contributed by atoms with Crippen LogP contribution in [-0.2, 0) is 52.2 Å². The second-order valence-electron chi connectivity index (χ2n) is 22.7. The number of rotatable bonds is 11. The van der Waals surface area contributed by atoms with Crippen molar-refractivity contribution in [3.8, 4) is 0 Å². The van der Waals surface area contributed by atoms with Gasteiger partial charge in [-0.15, -0.1) is 0 Å². The van der Waals surface area contributed by atoms with Gasteiger partial charge in [0.25, 0.3) is 0 Å². The number of hydrogen-bond acceptors (Lipinski definition) is 19. The minimum absolute atomic E-state index is 0.00547. The summed E-state index contributed by atoms with van der Waals surface area (Å²) < 4.78 is 55.0. The lowest BCUT2D eigenvalue weighted by atomic mass is 9.42. The molecule has 9 aliphatic rings. The fourth-order valence-corrected chi connectivity index (χ4v) is 15.1. The number of aliphatic hydroxyl groups excluding tert-OH is 7. The molecule has 0 aromatic carbocycles. The molecule has 0 amide bonds. The predicted molar refractivity (Wildman–Crippen MR) is 238 cm³/mol. The van der Waals surface area contributed by atoms with Crippen LogP contribution in [0.3, 0.4) is 0 Å². The van der Waals surface area contributed by atoms with Crippen molar-refractivity contribution in [3.05, 3.63) is 11.6 Å². The standard InChI is InChI=1S/C50H78O19/c1-22-45(68-40-18-34(54)46(23(2)63-40)69-41-19-36(65-25(4)52)47(24(3)64-41)67-35-13-26(20-51)42(57)44(59)43(35)58)33(53)17-39(62-22)66-29-9-11-48(5)28(15-29)7-8-31-32(48)16-37(55)49(6)30(10-12-50(31,49)60)27-14-38(56)61-21-27/h14,22-24,26,28-37,39-47,51,53-55,57-60H,7-13,15-21H2,1-6H3/t22-,23-,24-,26-,28-,29+,30-,31-,32+,33+,34+,35-,36+,37-,39-,40+,41+,42-,43+,44+,45-,46-,47-,48+,49+,50+/m1/s1. The summed E-state index contributed by atoms with van der Waals surface area (Å²) in [5.74, 6) is -1.26. The Morgan fingerprint density at radius 3 is 1.91 bits per heavy atom. The van der Waals surface area contributed by atoms with Crippen LogP contribution >= 0.6 is 0 Å². The Balaban J connectivity index is 0.752. The average Bonchev–Trinajstić information content (AvgIpc) is 3.84. The molecule has 0 bridgehead atoms. The summed E-state index contributed by atoms with van der Waals surface area (Å²) in [6.45, 7) is 10.6. The van der Waals surface area contributed by atoms with Gasteiger partial charge in [0.1, 0.15) is 43.2 Å². The maximum absolute atomic E-state index is 12.6. The Kier molecular flexibility index (Phi) is 15.1. The van der Waals surface area contributed by atoms with Crippen LogP contribution in [0.15, 0.2) is 11.6 Å². The van der Waals surface area contributed by atoms with Crippen LogP contribution in [0.1, 0.15) is 119 Å². The molecule has 4 aliphatic heterocycles. The quantitative estimate of drug-likeness (QED) is 0.107. The highest BCUT2D eigenvalue weighted by Gasteiger charge is 2.71. The van der Waals surface area contributed by atoms with Crippen molar-refractivity contribution in [2.75, 3.05) is 13.2 Å². The summed E-state index contributed by atoms with van der Waals surface area (Å²) >= 11 is 0. The number of ether oxygens (including phenoxy) is 9. The first kappa shape index (κ1) is 52.0. The molecule has 3 saturated heterocycles. The molecular formula is C50H78O19. The lowest BCUT2D eigenvalue weighted by molar-refractivity contribution is -0.339. The van der Waals surface area contributed by atoms with Gasteiger partial charge in [0.2, 0.25) is 0 Å². The van der Waals surface area contributed by atoms with E-state index in [1.54, 1.807) is 19.9 Å². The second kappa shape index (κ2) is 20.1. The SMILES string of the molecule is CC(=O)O[C@H]1C[C@H](O[C@H]2[C@@H](O)C[C@H](O[C@H]3[C@@H](O)C[C@@H](O[C@H]4CC[C@@]5(C)[C@H](CC[C@@H]6[C@@H]5C[C@@H](O)[C@]5(C)[C@@H](C7=CC(=O)OC7)CC[C@]65O)C4)O[C@@H]3C)O[C@@H]2C)O[C@H](C)[C@H]1O[C@@H]1C[C@H](CO)[C@@H](O)[C@H](O)[C@H]1O. The highest BCUT2D eigenvalue weighted by molar-refractivity contribution is 5.85. The summed E-state index contributed by atoms with van der Waals surface area (Å²) in [7, 11) is 0. The Morgan fingerprint density at radius 2 is 1.32 bits per heavy atom. The van der Waals surface area contributed by atoms with Gasteiger partial charge >= 0.3 is 11.9 Å². The molecule has 26 atom stereocenters. The maximum Gasteiger partial charge on any atom is 0.331 e. The molecule has 0 aromatic heterocycles. The van der Waals surface area contributed by atoms with Gasteiger partial charge in [-0.05, 0) is 113 Å². The van der Waals surface area contributed by atoms with Gasteiger partial charge in [0.05, 0.1) is 60.5 Å². The van der Waals surface area contributed by atoms with Crippen molar-refractivity contribution in [1.82, 2.24) is 0 Å². The number of carbonyl (C=O) groups is 2. The zero-order chi connectivity index (χ0) is 49.5. The van der Waals surface area contributed by atoms with Crippen molar-refractivity contribution >= 4 is 11.9 Å². The van der Waals surface area contributed by atoms with Crippen LogP contribution < -0.4 is 0 Å². The summed E-state index contributed by atoms with van der Waals surface area (Å²) in [6, 6.07) is 0. The van der Waals surface area contributed by atoms with Gasteiger partial charge < -0.3 is 83.5 Å². The Bertz CT molecular complexity index is 1840. The van der Waals surface area contributed by atoms with Crippen LogP contribution in [0.4, 0.5) is 0 Å². The summed E-state index contributed by atoms with van der Waals surface area (Å²) in [5, 5.41) is 88.6. The van der Waals surface area contributed by atoms with E-state index in [-0.39, 0.29) is 67.5 Å². The Labute approximate surface area is 404 Å². The van der Waals surface area contributed by atoms with Crippen LogP contribution in [0.5, 0.6) is 0 Å². The van der Waals surface area contributed by atoms with E-state index < -0.39 is 134 Å². The largest absolute Gasteiger partial charge is 0.459 e. The molecule has 392 valence electrons. The average molecular weight is 983 g/mol. The second-order valence-corrected chi connectivity index (χ2v) is 22.7. The third-order valence-corrected chi connectivity index (χ3v) is 18.9. The Hall–Kier alpha value is -1.92. The smallest absolute Gasteiger partial charge is 0.331 e. The highest BCUT2D eigenvalue weighted by atomic mass is 16.7. The lowest BCUT2D eigenvalue weighted by Gasteiger charge is -2.65. The molecule has 0 spiro atoms.